The summed E-state index contributed by atoms with van der Waals surface area (Å²) in [6.45, 7) is 4.42. The monoisotopic (exact) mass is 426 g/mol. The molecule has 0 heterocycles. The number of hydrogen-bond donors (Lipinski definition) is 1. The Hall–Kier alpha value is -2.65. The van der Waals surface area contributed by atoms with Gasteiger partial charge in [-0.25, -0.2) is 8.42 Å². The highest BCUT2D eigenvalue weighted by atomic mass is 32.2. The fraction of sp³-hybridized carbons (Fsp3) is 0.250. The first-order valence-corrected chi connectivity index (χ1v) is 10.1. The van der Waals surface area contributed by atoms with Crippen molar-refractivity contribution >= 4 is 15.9 Å². The Morgan fingerprint density at radius 3 is 2.41 bits per heavy atom. The molecule has 1 atom stereocenters. The van der Waals surface area contributed by atoms with Gasteiger partial charge in [0.2, 0.25) is 15.9 Å². The highest BCUT2D eigenvalue weighted by molar-refractivity contribution is 7.89. The first-order chi connectivity index (χ1) is 13.6. The third kappa shape index (κ3) is 5.91. The molecular formula is C20H21F3N2O3S. The lowest BCUT2D eigenvalue weighted by Gasteiger charge is -2.22. The van der Waals surface area contributed by atoms with Crippen LogP contribution in [0.2, 0.25) is 0 Å². The summed E-state index contributed by atoms with van der Waals surface area (Å²) in [4.78, 5) is 11.8. The molecule has 1 unspecified atom stereocenters. The summed E-state index contributed by atoms with van der Waals surface area (Å²) in [6, 6.07) is 12.1. The van der Waals surface area contributed by atoms with E-state index < -0.39 is 39.1 Å². The molecule has 0 aromatic heterocycles. The standard InChI is InChI=1S/C20H21F3N2O3S/c1-3-12-25(14-19(26)24-15(2)16-8-5-4-6-9-16)29(27,28)18-11-7-10-17(13-18)20(21,22)23/h3-11,13,15H,1,12,14H2,2H3,(H,24,26). The van der Waals surface area contributed by atoms with Gasteiger partial charge in [-0.2, -0.15) is 17.5 Å². The number of carbonyl (C=O) groups is 1. The van der Waals surface area contributed by atoms with Gasteiger partial charge in [0.05, 0.1) is 23.0 Å². The zero-order valence-electron chi connectivity index (χ0n) is 15.7. The van der Waals surface area contributed by atoms with Crippen molar-refractivity contribution in [2.45, 2.75) is 24.0 Å². The molecule has 2 aromatic rings. The lowest BCUT2D eigenvalue weighted by Crippen LogP contribution is -2.41. The van der Waals surface area contributed by atoms with Crippen molar-refractivity contribution in [3.63, 3.8) is 0 Å². The number of alkyl halides is 3. The van der Waals surface area contributed by atoms with Crippen LogP contribution >= 0.6 is 0 Å². The summed E-state index contributed by atoms with van der Waals surface area (Å²) < 4.78 is 65.2. The van der Waals surface area contributed by atoms with Gasteiger partial charge in [0.25, 0.3) is 0 Å². The van der Waals surface area contributed by atoms with Crippen molar-refractivity contribution < 1.29 is 26.4 Å². The maximum atomic E-state index is 12.9. The van der Waals surface area contributed by atoms with Crippen LogP contribution in [0.1, 0.15) is 24.1 Å². The van der Waals surface area contributed by atoms with Gasteiger partial charge in [-0.15, -0.1) is 6.58 Å². The number of hydrogen-bond acceptors (Lipinski definition) is 3. The van der Waals surface area contributed by atoms with Gasteiger partial charge < -0.3 is 5.32 Å². The van der Waals surface area contributed by atoms with Gasteiger partial charge >= 0.3 is 6.18 Å². The molecule has 0 aliphatic carbocycles. The van der Waals surface area contributed by atoms with E-state index in [-0.39, 0.29) is 12.6 Å². The van der Waals surface area contributed by atoms with Crippen LogP contribution in [0, 0.1) is 0 Å². The van der Waals surface area contributed by atoms with Gasteiger partial charge in [-0.3, -0.25) is 4.79 Å². The Morgan fingerprint density at radius 2 is 1.83 bits per heavy atom. The Bertz CT molecular complexity index is 960. The minimum Gasteiger partial charge on any atom is -0.348 e. The fourth-order valence-electron chi connectivity index (χ4n) is 2.65. The van der Waals surface area contributed by atoms with Crippen molar-refractivity contribution in [2.75, 3.05) is 13.1 Å². The molecule has 5 nitrogen and oxygen atoms in total. The summed E-state index contributed by atoms with van der Waals surface area (Å²) in [7, 11) is -4.34. The zero-order chi connectivity index (χ0) is 21.7. The number of rotatable bonds is 8. The molecular weight excluding hydrogens is 405 g/mol. The van der Waals surface area contributed by atoms with Crippen molar-refractivity contribution in [1.82, 2.24) is 9.62 Å². The van der Waals surface area contributed by atoms with E-state index in [1.54, 1.807) is 19.1 Å². The zero-order valence-corrected chi connectivity index (χ0v) is 16.5. The summed E-state index contributed by atoms with van der Waals surface area (Å²) in [5, 5.41) is 2.68. The van der Waals surface area contributed by atoms with E-state index in [1.807, 2.05) is 18.2 Å². The van der Waals surface area contributed by atoms with Crippen molar-refractivity contribution in [3.05, 3.63) is 78.4 Å². The van der Waals surface area contributed by atoms with Crippen LogP contribution in [-0.4, -0.2) is 31.7 Å². The molecule has 0 saturated heterocycles. The third-order valence-electron chi connectivity index (χ3n) is 4.13. The largest absolute Gasteiger partial charge is 0.416 e. The van der Waals surface area contributed by atoms with E-state index in [9.17, 15) is 26.4 Å². The minimum atomic E-state index is -4.68. The first kappa shape index (κ1) is 22.6. The van der Waals surface area contributed by atoms with E-state index >= 15 is 0 Å². The van der Waals surface area contributed by atoms with Crippen LogP contribution in [0.15, 0.2) is 72.1 Å². The van der Waals surface area contributed by atoms with E-state index in [1.165, 1.54) is 6.08 Å². The number of nitrogens with one attached hydrogen (secondary N) is 1. The highest BCUT2D eigenvalue weighted by Gasteiger charge is 2.33. The highest BCUT2D eigenvalue weighted by Crippen LogP contribution is 2.31. The van der Waals surface area contributed by atoms with E-state index in [0.717, 1.165) is 28.1 Å². The van der Waals surface area contributed by atoms with E-state index in [0.29, 0.717) is 6.07 Å². The number of nitrogens with zero attached hydrogens (tertiary/aromatic N) is 1. The van der Waals surface area contributed by atoms with Gasteiger partial charge in [0.15, 0.2) is 0 Å². The van der Waals surface area contributed by atoms with Crippen LogP contribution < -0.4 is 5.32 Å². The Balaban J connectivity index is 2.21. The third-order valence-corrected chi connectivity index (χ3v) is 5.94. The molecule has 29 heavy (non-hydrogen) atoms. The van der Waals surface area contributed by atoms with E-state index in [4.69, 9.17) is 0 Å². The summed E-state index contributed by atoms with van der Waals surface area (Å²) >= 11 is 0. The molecule has 2 rings (SSSR count). The first-order valence-electron chi connectivity index (χ1n) is 8.68. The molecule has 0 bridgehead atoms. The molecule has 1 N–H and O–H groups in total. The molecule has 0 aliphatic heterocycles. The lowest BCUT2D eigenvalue weighted by atomic mass is 10.1. The minimum absolute atomic E-state index is 0.230. The molecule has 156 valence electrons. The van der Waals surface area contributed by atoms with Gasteiger partial charge in [0.1, 0.15) is 0 Å². The molecule has 0 aliphatic rings. The molecule has 2 aromatic carbocycles. The van der Waals surface area contributed by atoms with Crippen LogP contribution in [-0.2, 0) is 21.0 Å². The maximum absolute atomic E-state index is 12.9. The number of halogens is 3. The summed E-state index contributed by atoms with van der Waals surface area (Å²) in [5.74, 6) is -0.584. The number of sulfonamides is 1. The van der Waals surface area contributed by atoms with Crippen LogP contribution in [0.3, 0.4) is 0 Å². The van der Waals surface area contributed by atoms with Gasteiger partial charge in [-0.1, -0.05) is 42.5 Å². The fourth-order valence-corrected chi connectivity index (χ4v) is 4.06. The van der Waals surface area contributed by atoms with Crippen molar-refractivity contribution in [1.29, 1.82) is 0 Å². The molecule has 0 fully saturated rings. The molecule has 1 amide bonds. The Morgan fingerprint density at radius 1 is 1.17 bits per heavy atom. The summed E-state index contributed by atoms with van der Waals surface area (Å²) in [5.41, 5.74) is -0.254. The average Bonchev–Trinajstić information content (AvgIpc) is 2.67. The van der Waals surface area contributed by atoms with Crippen LogP contribution in [0.5, 0.6) is 0 Å². The Kier molecular flexibility index (Phi) is 7.21. The van der Waals surface area contributed by atoms with Gasteiger partial charge in [-0.05, 0) is 30.7 Å². The van der Waals surface area contributed by atoms with Crippen LogP contribution in [0.25, 0.3) is 0 Å². The van der Waals surface area contributed by atoms with Gasteiger partial charge in [0, 0.05) is 6.54 Å². The van der Waals surface area contributed by atoms with E-state index in [2.05, 4.69) is 11.9 Å². The van der Waals surface area contributed by atoms with Crippen molar-refractivity contribution in [3.8, 4) is 0 Å². The predicted octanol–water partition coefficient (Wildman–Crippen LogP) is 3.76. The SMILES string of the molecule is C=CCN(CC(=O)NC(C)c1ccccc1)S(=O)(=O)c1cccc(C(F)(F)F)c1. The van der Waals surface area contributed by atoms with Crippen molar-refractivity contribution in [2.24, 2.45) is 0 Å². The summed E-state index contributed by atoms with van der Waals surface area (Å²) in [6.07, 6.45) is -3.42. The molecule has 0 radical (unpaired) electrons. The smallest absolute Gasteiger partial charge is 0.348 e. The second-order valence-electron chi connectivity index (χ2n) is 6.31. The molecule has 0 saturated carbocycles. The Labute approximate surface area is 167 Å². The second-order valence-corrected chi connectivity index (χ2v) is 8.25. The topological polar surface area (TPSA) is 66.5 Å². The molecule has 9 heteroatoms. The predicted molar refractivity (Wildman–Crippen MR) is 103 cm³/mol. The molecule has 0 spiro atoms. The number of amides is 1. The maximum Gasteiger partial charge on any atom is 0.416 e. The number of benzene rings is 2. The lowest BCUT2D eigenvalue weighted by molar-refractivity contribution is -0.137. The second kappa shape index (κ2) is 9.23. The number of carbonyl (C=O) groups excluding carboxylic acids is 1. The van der Waals surface area contributed by atoms with Crippen LogP contribution in [0.4, 0.5) is 13.2 Å². The normalized spacial score (nSPS) is 13.1. The quantitative estimate of drug-likeness (QED) is 0.654. The average molecular weight is 426 g/mol.